The molecule has 1 aromatic heterocycles. The molecule has 0 saturated carbocycles. The lowest BCUT2D eigenvalue weighted by atomic mass is 9.89. The zero-order valence-corrected chi connectivity index (χ0v) is 18.1. The van der Waals surface area contributed by atoms with E-state index in [1.54, 1.807) is 17.8 Å². The number of carbonyl (C=O) groups excluding carboxylic acids is 2. The molecule has 0 bridgehead atoms. The van der Waals surface area contributed by atoms with Gasteiger partial charge in [0.2, 0.25) is 0 Å². The van der Waals surface area contributed by atoms with Gasteiger partial charge < -0.3 is 4.90 Å². The van der Waals surface area contributed by atoms with Crippen molar-refractivity contribution in [2.75, 3.05) is 13.1 Å². The zero-order chi connectivity index (χ0) is 21.7. The molecular weight excluding hydrogens is 376 g/mol. The molecule has 0 spiro atoms. The van der Waals surface area contributed by atoms with Crippen LogP contribution in [0, 0.1) is 17.2 Å². The number of likely N-dealkylation sites (tertiary alicyclic amines) is 1. The van der Waals surface area contributed by atoms with Gasteiger partial charge in [0.25, 0.3) is 5.91 Å². The second-order valence-electron chi connectivity index (χ2n) is 8.59. The first-order valence-electron chi connectivity index (χ1n) is 10.7. The quantitative estimate of drug-likeness (QED) is 0.699. The fraction of sp³-hybridized carbons (Fsp3) is 0.500. The minimum atomic E-state index is -0.0239. The van der Waals surface area contributed by atoms with Crippen LogP contribution < -0.4 is 0 Å². The number of nitrogens with zero attached hydrogens (tertiary/aromatic N) is 4. The van der Waals surface area contributed by atoms with E-state index in [0.29, 0.717) is 48.3 Å². The summed E-state index contributed by atoms with van der Waals surface area (Å²) in [6, 6.07) is 11.7. The highest BCUT2D eigenvalue weighted by Crippen LogP contribution is 2.29. The molecule has 2 heterocycles. The van der Waals surface area contributed by atoms with Gasteiger partial charge in [0.1, 0.15) is 11.5 Å². The second-order valence-corrected chi connectivity index (χ2v) is 8.59. The number of Topliss-reactive ketones (excluding diaryl/α,β-unsaturated/α-hetero) is 1. The first-order valence-corrected chi connectivity index (χ1v) is 10.7. The number of hydrogen-bond acceptors (Lipinski definition) is 4. The van der Waals surface area contributed by atoms with Crippen molar-refractivity contribution in [3.05, 3.63) is 52.8 Å². The topological polar surface area (TPSA) is 79.0 Å². The van der Waals surface area contributed by atoms with E-state index in [1.165, 1.54) is 5.56 Å². The van der Waals surface area contributed by atoms with Gasteiger partial charge in [-0.2, -0.15) is 10.4 Å². The third-order valence-corrected chi connectivity index (χ3v) is 5.82. The predicted octanol–water partition coefficient (Wildman–Crippen LogP) is 3.86. The van der Waals surface area contributed by atoms with Crippen LogP contribution in [-0.4, -0.2) is 39.5 Å². The minimum absolute atomic E-state index is 0.0239. The number of benzene rings is 1. The van der Waals surface area contributed by atoms with Crippen molar-refractivity contribution < 1.29 is 9.59 Å². The molecule has 0 unspecified atom stereocenters. The van der Waals surface area contributed by atoms with Crippen molar-refractivity contribution in [1.82, 2.24) is 14.7 Å². The van der Waals surface area contributed by atoms with Gasteiger partial charge in [0, 0.05) is 26.6 Å². The van der Waals surface area contributed by atoms with Gasteiger partial charge in [-0.05, 0) is 54.9 Å². The van der Waals surface area contributed by atoms with Crippen molar-refractivity contribution in [2.24, 2.45) is 13.0 Å². The molecule has 30 heavy (non-hydrogen) atoms. The van der Waals surface area contributed by atoms with Gasteiger partial charge in [-0.1, -0.05) is 26.0 Å². The molecule has 6 heteroatoms. The van der Waals surface area contributed by atoms with Crippen LogP contribution in [0.25, 0.3) is 0 Å². The molecule has 1 aromatic carbocycles. The first-order chi connectivity index (χ1) is 14.4. The summed E-state index contributed by atoms with van der Waals surface area (Å²) in [6.45, 7) is 5.60. The van der Waals surface area contributed by atoms with Crippen molar-refractivity contribution in [1.29, 1.82) is 5.26 Å². The summed E-state index contributed by atoms with van der Waals surface area (Å²) in [7, 11) is 1.76. The van der Waals surface area contributed by atoms with Gasteiger partial charge in [-0.3, -0.25) is 14.3 Å². The van der Waals surface area contributed by atoms with E-state index in [4.69, 9.17) is 5.26 Å². The minimum Gasteiger partial charge on any atom is -0.337 e. The van der Waals surface area contributed by atoms with Gasteiger partial charge >= 0.3 is 0 Å². The third kappa shape index (κ3) is 5.35. The van der Waals surface area contributed by atoms with Crippen LogP contribution in [-0.2, 0) is 18.3 Å². The lowest BCUT2D eigenvalue weighted by Crippen LogP contribution is -2.38. The van der Waals surface area contributed by atoms with E-state index in [-0.39, 0.29) is 18.1 Å². The molecule has 1 aliphatic rings. The molecule has 0 radical (unpaired) electrons. The summed E-state index contributed by atoms with van der Waals surface area (Å²) in [4.78, 5) is 27.0. The zero-order valence-electron chi connectivity index (χ0n) is 18.1. The SMILES string of the molecule is CC(C)CCC(=O)Cc1cc(C(=O)N2CCC(c3ccc(C#N)cc3)CC2)n(C)n1. The van der Waals surface area contributed by atoms with Crippen molar-refractivity contribution >= 4 is 11.7 Å². The molecule has 3 rings (SSSR count). The monoisotopic (exact) mass is 406 g/mol. The van der Waals surface area contributed by atoms with Crippen LogP contribution in [0.1, 0.15) is 72.8 Å². The molecule has 0 aliphatic carbocycles. The molecular formula is C24H30N4O2. The lowest BCUT2D eigenvalue weighted by molar-refractivity contribution is -0.118. The Kier molecular flexibility index (Phi) is 7.04. The van der Waals surface area contributed by atoms with Crippen molar-refractivity contribution in [3.63, 3.8) is 0 Å². The number of ketones is 1. The smallest absolute Gasteiger partial charge is 0.272 e. The lowest BCUT2D eigenvalue weighted by Gasteiger charge is -2.32. The molecule has 1 fully saturated rings. The Morgan fingerprint density at radius 3 is 2.47 bits per heavy atom. The summed E-state index contributed by atoms with van der Waals surface area (Å²) < 4.78 is 1.60. The van der Waals surface area contributed by atoms with Crippen molar-refractivity contribution in [2.45, 2.75) is 51.9 Å². The number of aromatic nitrogens is 2. The highest BCUT2D eigenvalue weighted by atomic mass is 16.2. The van der Waals surface area contributed by atoms with Gasteiger partial charge in [0.05, 0.1) is 23.7 Å². The second kappa shape index (κ2) is 9.71. The normalized spacial score (nSPS) is 14.7. The van der Waals surface area contributed by atoms with E-state index in [2.05, 4.69) is 25.0 Å². The highest BCUT2D eigenvalue weighted by molar-refractivity contribution is 5.93. The number of hydrogen-bond donors (Lipinski definition) is 0. The molecule has 6 nitrogen and oxygen atoms in total. The Labute approximate surface area is 178 Å². The van der Waals surface area contributed by atoms with Crippen LogP contribution in [0.15, 0.2) is 30.3 Å². The summed E-state index contributed by atoms with van der Waals surface area (Å²) in [6.07, 6.45) is 3.52. The summed E-state index contributed by atoms with van der Waals surface area (Å²) in [5.74, 6) is 1.05. The number of nitriles is 1. The van der Waals surface area contributed by atoms with Gasteiger partial charge in [-0.15, -0.1) is 0 Å². The molecule has 1 amide bonds. The standard InChI is InChI=1S/C24H30N4O2/c1-17(2)4-9-22(29)14-21-15-23(27(3)26-21)24(30)28-12-10-20(11-13-28)19-7-5-18(16-25)6-8-19/h5-8,15,17,20H,4,9-14H2,1-3H3. The average molecular weight is 407 g/mol. The predicted molar refractivity (Wildman–Crippen MR) is 115 cm³/mol. The number of piperidine rings is 1. The van der Waals surface area contributed by atoms with E-state index in [0.717, 1.165) is 19.3 Å². The van der Waals surface area contributed by atoms with Crippen LogP contribution in [0.3, 0.4) is 0 Å². The Balaban J connectivity index is 1.57. The summed E-state index contributed by atoms with van der Waals surface area (Å²) in [5, 5.41) is 13.3. The fourth-order valence-electron chi connectivity index (χ4n) is 3.96. The molecule has 0 atom stereocenters. The van der Waals surface area contributed by atoms with E-state index in [1.807, 2.05) is 29.2 Å². The molecule has 0 N–H and O–H groups in total. The fourth-order valence-corrected chi connectivity index (χ4v) is 3.96. The van der Waals surface area contributed by atoms with E-state index in [9.17, 15) is 9.59 Å². The van der Waals surface area contributed by atoms with E-state index >= 15 is 0 Å². The maximum atomic E-state index is 13.0. The van der Waals surface area contributed by atoms with Crippen LogP contribution in [0.2, 0.25) is 0 Å². The molecule has 1 aliphatic heterocycles. The Morgan fingerprint density at radius 2 is 1.87 bits per heavy atom. The highest BCUT2D eigenvalue weighted by Gasteiger charge is 2.26. The summed E-state index contributed by atoms with van der Waals surface area (Å²) in [5.41, 5.74) is 3.10. The van der Waals surface area contributed by atoms with Crippen LogP contribution in [0.4, 0.5) is 0 Å². The number of rotatable bonds is 7. The number of carbonyl (C=O) groups is 2. The molecule has 1 saturated heterocycles. The molecule has 158 valence electrons. The van der Waals surface area contributed by atoms with E-state index < -0.39 is 0 Å². The van der Waals surface area contributed by atoms with Gasteiger partial charge in [-0.25, -0.2) is 0 Å². The Morgan fingerprint density at radius 1 is 1.20 bits per heavy atom. The number of aryl methyl sites for hydroxylation is 1. The molecule has 2 aromatic rings. The number of amides is 1. The Hall–Kier alpha value is -2.94. The van der Waals surface area contributed by atoms with Crippen molar-refractivity contribution in [3.8, 4) is 6.07 Å². The largest absolute Gasteiger partial charge is 0.337 e. The average Bonchev–Trinajstić information content (AvgIpc) is 3.11. The first kappa shape index (κ1) is 21.8. The van der Waals surface area contributed by atoms with Gasteiger partial charge in [0.15, 0.2) is 0 Å². The Bertz CT molecular complexity index is 929. The maximum absolute atomic E-state index is 13.0. The third-order valence-electron chi connectivity index (χ3n) is 5.82. The van der Waals surface area contributed by atoms with Crippen LogP contribution in [0.5, 0.6) is 0 Å². The summed E-state index contributed by atoms with van der Waals surface area (Å²) >= 11 is 0. The maximum Gasteiger partial charge on any atom is 0.272 e. The van der Waals surface area contributed by atoms with Crippen LogP contribution >= 0.6 is 0 Å².